The Morgan fingerprint density at radius 3 is 2.75 bits per heavy atom. The van der Waals surface area contributed by atoms with Gasteiger partial charge < -0.3 is 10.8 Å². The highest BCUT2D eigenvalue weighted by atomic mass is 16.2. The van der Waals surface area contributed by atoms with Crippen molar-refractivity contribution in [3.8, 4) is 0 Å². The summed E-state index contributed by atoms with van der Waals surface area (Å²) in [5.41, 5.74) is 5.22. The van der Waals surface area contributed by atoms with E-state index in [1.165, 1.54) is 0 Å². The quantitative estimate of drug-likeness (QED) is 0.550. The van der Waals surface area contributed by atoms with Gasteiger partial charge in [0, 0.05) is 6.61 Å². The molecule has 49 valence electrons. The Balaban J connectivity index is 2.92. The van der Waals surface area contributed by atoms with Crippen molar-refractivity contribution in [1.82, 2.24) is 0 Å². The predicted molar refractivity (Wildman–Crippen MR) is 34.2 cm³/mol. The summed E-state index contributed by atoms with van der Waals surface area (Å²) in [4.78, 5) is 0. The van der Waals surface area contributed by atoms with Crippen LogP contribution in [0.3, 0.4) is 0 Å². The standard InChI is InChI=1S/C6H14NO/c1-6(2-4-7)3-5-8/h2,6,8H,3-5,7H2,1H3/t6-/m0/s1. The van der Waals surface area contributed by atoms with Crippen molar-refractivity contribution in [3.05, 3.63) is 6.42 Å². The average molecular weight is 116 g/mol. The highest BCUT2D eigenvalue weighted by molar-refractivity contribution is 4.72. The third kappa shape index (κ3) is 4.09. The second-order valence-electron chi connectivity index (χ2n) is 1.96. The second-order valence-corrected chi connectivity index (χ2v) is 1.96. The SMILES string of the molecule is C[C@@H]([CH]CN)CCO. The highest BCUT2D eigenvalue weighted by Crippen LogP contribution is 2.02. The molecule has 0 fully saturated rings. The largest absolute Gasteiger partial charge is 0.396 e. The van der Waals surface area contributed by atoms with Crippen LogP contribution in [0.2, 0.25) is 0 Å². The number of nitrogens with two attached hydrogens (primary N) is 1. The highest BCUT2D eigenvalue weighted by Gasteiger charge is 1.97. The van der Waals surface area contributed by atoms with Crippen LogP contribution in [-0.2, 0) is 0 Å². The zero-order valence-corrected chi connectivity index (χ0v) is 5.30. The summed E-state index contributed by atoms with van der Waals surface area (Å²) < 4.78 is 0. The lowest BCUT2D eigenvalue weighted by molar-refractivity contribution is 0.270. The summed E-state index contributed by atoms with van der Waals surface area (Å²) in [6, 6.07) is 0. The Hall–Kier alpha value is -0.0800. The van der Waals surface area contributed by atoms with E-state index in [1.807, 2.05) is 13.3 Å². The maximum absolute atomic E-state index is 8.40. The summed E-state index contributed by atoms with van der Waals surface area (Å²) in [6.07, 6.45) is 2.83. The summed E-state index contributed by atoms with van der Waals surface area (Å²) in [7, 11) is 0. The van der Waals surface area contributed by atoms with Crippen molar-refractivity contribution >= 4 is 0 Å². The van der Waals surface area contributed by atoms with Gasteiger partial charge in [0.25, 0.3) is 0 Å². The lowest BCUT2D eigenvalue weighted by Gasteiger charge is -2.04. The molecular formula is C6H14NO. The van der Waals surface area contributed by atoms with Gasteiger partial charge >= 0.3 is 0 Å². The first-order valence-corrected chi connectivity index (χ1v) is 2.95. The molecule has 0 aromatic rings. The molecule has 0 spiro atoms. The molecule has 0 bridgehead atoms. The minimum atomic E-state index is 0.262. The molecule has 0 aromatic carbocycles. The summed E-state index contributed by atoms with van der Waals surface area (Å²) in [6.45, 7) is 2.92. The Labute approximate surface area is 50.7 Å². The molecule has 2 nitrogen and oxygen atoms in total. The lowest BCUT2D eigenvalue weighted by Crippen LogP contribution is -2.07. The van der Waals surface area contributed by atoms with Crippen LogP contribution in [0.15, 0.2) is 0 Å². The molecule has 1 radical (unpaired) electrons. The first-order valence-electron chi connectivity index (χ1n) is 2.95. The van der Waals surface area contributed by atoms with Gasteiger partial charge in [0.15, 0.2) is 0 Å². The van der Waals surface area contributed by atoms with Crippen molar-refractivity contribution in [2.45, 2.75) is 13.3 Å². The van der Waals surface area contributed by atoms with E-state index in [9.17, 15) is 0 Å². The van der Waals surface area contributed by atoms with Crippen LogP contribution < -0.4 is 5.73 Å². The molecule has 0 aliphatic heterocycles. The van der Waals surface area contributed by atoms with Crippen LogP contribution in [0.1, 0.15) is 13.3 Å². The van der Waals surface area contributed by atoms with Gasteiger partial charge in [-0.05, 0) is 25.3 Å². The molecule has 0 heterocycles. The minimum absolute atomic E-state index is 0.262. The van der Waals surface area contributed by atoms with Gasteiger partial charge in [-0.25, -0.2) is 0 Å². The molecule has 0 amide bonds. The van der Waals surface area contributed by atoms with Crippen LogP contribution in [0, 0.1) is 12.3 Å². The van der Waals surface area contributed by atoms with E-state index >= 15 is 0 Å². The van der Waals surface area contributed by atoms with Crippen molar-refractivity contribution in [1.29, 1.82) is 0 Å². The van der Waals surface area contributed by atoms with E-state index in [4.69, 9.17) is 10.8 Å². The normalized spacial score (nSPS) is 13.9. The monoisotopic (exact) mass is 116 g/mol. The Bertz CT molecular complexity index is 41.8. The van der Waals surface area contributed by atoms with Gasteiger partial charge in [-0.15, -0.1) is 0 Å². The molecule has 0 rings (SSSR count). The zero-order chi connectivity index (χ0) is 6.41. The van der Waals surface area contributed by atoms with Crippen molar-refractivity contribution in [2.75, 3.05) is 13.2 Å². The lowest BCUT2D eigenvalue weighted by atomic mass is 10.1. The van der Waals surface area contributed by atoms with Crippen molar-refractivity contribution in [3.63, 3.8) is 0 Å². The molecule has 2 heteroatoms. The smallest absolute Gasteiger partial charge is 0.0433 e. The Morgan fingerprint density at radius 2 is 2.38 bits per heavy atom. The number of aliphatic hydroxyl groups excluding tert-OH is 1. The van der Waals surface area contributed by atoms with E-state index in [-0.39, 0.29) is 6.61 Å². The topological polar surface area (TPSA) is 46.2 Å². The van der Waals surface area contributed by atoms with Crippen LogP contribution in [0.4, 0.5) is 0 Å². The van der Waals surface area contributed by atoms with Gasteiger partial charge in [-0.2, -0.15) is 0 Å². The van der Waals surface area contributed by atoms with E-state index in [0.717, 1.165) is 6.42 Å². The Kier molecular flexibility index (Phi) is 5.01. The minimum Gasteiger partial charge on any atom is -0.396 e. The number of aliphatic hydroxyl groups is 1. The fourth-order valence-corrected chi connectivity index (χ4v) is 0.554. The molecule has 0 aromatic heterocycles. The van der Waals surface area contributed by atoms with Gasteiger partial charge in [0.05, 0.1) is 0 Å². The number of hydrogen-bond donors (Lipinski definition) is 2. The van der Waals surface area contributed by atoms with Crippen LogP contribution in [0.25, 0.3) is 0 Å². The third-order valence-corrected chi connectivity index (χ3v) is 1.12. The molecule has 8 heavy (non-hydrogen) atoms. The fraction of sp³-hybridized carbons (Fsp3) is 0.833. The van der Waals surface area contributed by atoms with Crippen LogP contribution in [-0.4, -0.2) is 18.3 Å². The average Bonchev–Trinajstić information content (AvgIpc) is 1.68. The fourth-order valence-electron chi connectivity index (χ4n) is 0.554. The van der Waals surface area contributed by atoms with E-state index < -0.39 is 0 Å². The maximum atomic E-state index is 8.40. The summed E-state index contributed by atoms with van der Waals surface area (Å²) in [5, 5.41) is 8.40. The number of hydrogen-bond acceptors (Lipinski definition) is 2. The van der Waals surface area contributed by atoms with Crippen LogP contribution in [0.5, 0.6) is 0 Å². The first-order chi connectivity index (χ1) is 3.81. The molecule has 3 N–H and O–H groups in total. The summed E-state index contributed by atoms with van der Waals surface area (Å²) >= 11 is 0. The van der Waals surface area contributed by atoms with Crippen molar-refractivity contribution in [2.24, 2.45) is 11.7 Å². The molecule has 0 aliphatic carbocycles. The van der Waals surface area contributed by atoms with Crippen molar-refractivity contribution < 1.29 is 5.11 Å². The van der Waals surface area contributed by atoms with Crippen LogP contribution >= 0.6 is 0 Å². The van der Waals surface area contributed by atoms with Gasteiger partial charge in [-0.1, -0.05) is 6.92 Å². The first kappa shape index (κ1) is 7.92. The van der Waals surface area contributed by atoms with E-state index in [2.05, 4.69) is 0 Å². The predicted octanol–water partition coefficient (Wildman–Crippen LogP) is 0.168. The Morgan fingerprint density at radius 1 is 1.75 bits per heavy atom. The molecule has 0 unspecified atom stereocenters. The van der Waals surface area contributed by atoms with Gasteiger partial charge in [0.2, 0.25) is 0 Å². The molecule has 0 aliphatic rings. The second kappa shape index (κ2) is 5.06. The maximum Gasteiger partial charge on any atom is 0.0433 e. The van der Waals surface area contributed by atoms with Gasteiger partial charge in [-0.3, -0.25) is 0 Å². The van der Waals surface area contributed by atoms with Gasteiger partial charge in [0.1, 0.15) is 0 Å². The molecular weight excluding hydrogens is 102 g/mol. The molecule has 0 saturated carbocycles. The third-order valence-electron chi connectivity index (χ3n) is 1.12. The molecule has 0 saturated heterocycles. The summed E-state index contributed by atoms with van der Waals surface area (Å²) in [5.74, 6) is 0.463. The van der Waals surface area contributed by atoms with E-state index in [0.29, 0.717) is 12.5 Å². The van der Waals surface area contributed by atoms with E-state index in [1.54, 1.807) is 0 Å². The number of rotatable bonds is 4. The zero-order valence-electron chi connectivity index (χ0n) is 5.30. The molecule has 1 atom stereocenters.